The lowest BCUT2D eigenvalue weighted by atomic mass is 9.95. The first-order valence-corrected chi connectivity index (χ1v) is 6.83. The molecule has 0 aliphatic rings. The Balaban J connectivity index is 2.45. The zero-order chi connectivity index (χ0) is 14.3. The lowest BCUT2D eigenvalue weighted by molar-refractivity contribution is -0.0498. The van der Waals surface area contributed by atoms with E-state index in [0.29, 0.717) is 12.0 Å². The summed E-state index contributed by atoms with van der Waals surface area (Å²) in [7, 11) is 0. The van der Waals surface area contributed by atoms with Gasteiger partial charge in [-0.1, -0.05) is 38.8 Å². The fraction of sp³-hybridized carbons (Fsp3) is 0.600. The summed E-state index contributed by atoms with van der Waals surface area (Å²) in [5.74, 6) is 0.869. The van der Waals surface area contributed by atoms with E-state index in [4.69, 9.17) is 0 Å². The molecule has 0 fully saturated rings. The molecule has 1 N–H and O–H groups in total. The lowest BCUT2D eigenvalue weighted by Crippen LogP contribution is -2.32. The van der Waals surface area contributed by atoms with Crippen molar-refractivity contribution >= 4 is 0 Å². The molecule has 2 nitrogen and oxygen atoms in total. The molecule has 0 aliphatic heterocycles. The molecule has 19 heavy (non-hydrogen) atoms. The molecule has 1 aromatic carbocycles. The van der Waals surface area contributed by atoms with Gasteiger partial charge in [-0.15, -0.1) is 0 Å². The minimum atomic E-state index is -2.76. The molecule has 0 saturated carbocycles. The number of halogens is 2. The van der Waals surface area contributed by atoms with Gasteiger partial charge in [-0.05, 0) is 30.5 Å². The SMILES string of the molecule is CCC(CC)C(C)NCc1ccc(OC(F)F)cc1. The van der Waals surface area contributed by atoms with Crippen molar-refractivity contribution in [2.75, 3.05) is 0 Å². The number of nitrogens with one attached hydrogen (secondary N) is 1. The van der Waals surface area contributed by atoms with Gasteiger partial charge in [-0.3, -0.25) is 0 Å². The van der Waals surface area contributed by atoms with Crippen molar-refractivity contribution in [3.63, 3.8) is 0 Å². The lowest BCUT2D eigenvalue weighted by Gasteiger charge is -2.22. The number of hydrogen-bond acceptors (Lipinski definition) is 2. The normalized spacial score (nSPS) is 13.0. The Morgan fingerprint density at radius 3 is 2.16 bits per heavy atom. The Morgan fingerprint density at radius 2 is 1.68 bits per heavy atom. The third-order valence-electron chi connectivity index (χ3n) is 3.53. The molecule has 108 valence electrons. The smallest absolute Gasteiger partial charge is 0.387 e. The van der Waals surface area contributed by atoms with E-state index in [1.54, 1.807) is 12.1 Å². The van der Waals surface area contributed by atoms with Crippen molar-refractivity contribution in [3.8, 4) is 5.75 Å². The second-order valence-electron chi connectivity index (χ2n) is 4.77. The fourth-order valence-electron chi connectivity index (χ4n) is 2.23. The van der Waals surface area contributed by atoms with E-state index in [1.807, 2.05) is 12.1 Å². The molecule has 1 atom stereocenters. The van der Waals surface area contributed by atoms with E-state index in [1.165, 1.54) is 0 Å². The molecular formula is C15H23F2NO. The van der Waals surface area contributed by atoms with Crippen LogP contribution in [0, 0.1) is 5.92 Å². The van der Waals surface area contributed by atoms with Gasteiger partial charge < -0.3 is 10.1 Å². The van der Waals surface area contributed by atoms with Crippen LogP contribution in [0.25, 0.3) is 0 Å². The van der Waals surface area contributed by atoms with Crippen molar-refractivity contribution in [2.45, 2.75) is 52.8 Å². The number of benzene rings is 1. The van der Waals surface area contributed by atoms with Gasteiger partial charge in [0.25, 0.3) is 0 Å². The van der Waals surface area contributed by atoms with E-state index >= 15 is 0 Å². The predicted molar refractivity (Wildman–Crippen MR) is 73.4 cm³/mol. The first kappa shape index (κ1) is 15.9. The summed E-state index contributed by atoms with van der Waals surface area (Å²) < 4.78 is 28.3. The second-order valence-corrected chi connectivity index (χ2v) is 4.77. The first-order valence-electron chi connectivity index (χ1n) is 6.83. The Labute approximate surface area is 114 Å². The van der Waals surface area contributed by atoms with Gasteiger partial charge in [0.1, 0.15) is 5.75 Å². The van der Waals surface area contributed by atoms with E-state index in [-0.39, 0.29) is 5.75 Å². The molecule has 4 heteroatoms. The summed E-state index contributed by atoms with van der Waals surface area (Å²) in [5, 5.41) is 3.47. The Hall–Kier alpha value is -1.16. The molecule has 0 radical (unpaired) electrons. The fourth-order valence-corrected chi connectivity index (χ4v) is 2.23. The standard InChI is InChI=1S/C15H23F2NO/c1-4-13(5-2)11(3)18-10-12-6-8-14(9-7-12)19-15(16)17/h6-9,11,13,15,18H,4-5,10H2,1-3H3. The van der Waals surface area contributed by atoms with Crippen LogP contribution in [0.4, 0.5) is 8.78 Å². The second kappa shape index (κ2) is 8.10. The highest BCUT2D eigenvalue weighted by molar-refractivity contribution is 5.27. The largest absolute Gasteiger partial charge is 0.435 e. The van der Waals surface area contributed by atoms with Gasteiger partial charge in [0.2, 0.25) is 0 Å². The van der Waals surface area contributed by atoms with Crippen LogP contribution in [0.2, 0.25) is 0 Å². The summed E-state index contributed by atoms with van der Waals surface area (Å²) in [6.45, 7) is 4.56. The first-order chi connectivity index (χ1) is 9.06. The molecule has 0 bridgehead atoms. The number of alkyl halides is 2. The molecule has 0 aliphatic carbocycles. The van der Waals surface area contributed by atoms with Crippen LogP contribution in [0.3, 0.4) is 0 Å². The quantitative estimate of drug-likeness (QED) is 0.765. The number of rotatable bonds is 8. The van der Waals surface area contributed by atoms with E-state index in [0.717, 1.165) is 24.9 Å². The molecule has 0 saturated heterocycles. The molecular weight excluding hydrogens is 248 g/mol. The average Bonchev–Trinajstić information content (AvgIpc) is 2.38. The van der Waals surface area contributed by atoms with Crippen LogP contribution in [0.1, 0.15) is 39.2 Å². The van der Waals surface area contributed by atoms with Crippen LogP contribution >= 0.6 is 0 Å². The summed E-state index contributed by atoms with van der Waals surface area (Å²) in [6.07, 6.45) is 2.32. The van der Waals surface area contributed by atoms with Crippen LogP contribution in [-0.2, 0) is 6.54 Å². The zero-order valence-electron chi connectivity index (χ0n) is 11.8. The Kier molecular flexibility index (Phi) is 6.78. The minimum absolute atomic E-state index is 0.201. The van der Waals surface area contributed by atoms with Crippen LogP contribution in [0.15, 0.2) is 24.3 Å². The van der Waals surface area contributed by atoms with Crippen molar-refractivity contribution in [1.82, 2.24) is 5.32 Å². The highest BCUT2D eigenvalue weighted by atomic mass is 19.3. The third-order valence-corrected chi connectivity index (χ3v) is 3.53. The molecule has 0 aromatic heterocycles. The number of ether oxygens (including phenoxy) is 1. The van der Waals surface area contributed by atoms with Crippen LogP contribution in [-0.4, -0.2) is 12.7 Å². The molecule has 1 aromatic rings. The van der Waals surface area contributed by atoms with Gasteiger partial charge in [0.05, 0.1) is 0 Å². The summed E-state index contributed by atoms with van der Waals surface area (Å²) in [5.41, 5.74) is 1.07. The van der Waals surface area contributed by atoms with Crippen molar-refractivity contribution in [1.29, 1.82) is 0 Å². The van der Waals surface area contributed by atoms with Crippen LogP contribution < -0.4 is 10.1 Å². The van der Waals surface area contributed by atoms with E-state index in [2.05, 4.69) is 30.8 Å². The third kappa shape index (κ3) is 5.55. The van der Waals surface area contributed by atoms with Gasteiger partial charge >= 0.3 is 6.61 Å². The maximum atomic E-state index is 12.0. The van der Waals surface area contributed by atoms with Gasteiger partial charge in [0.15, 0.2) is 0 Å². The van der Waals surface area contributed by atoms with E-state index < -0.39 is 6.61 Å². The predicted octanol–water partition coefficient (Wildman–Crippen LogP) is 4.20. The van der Waals surface area contributed by atoms with Gasteiger partial charge in [0, 0.05) is 12.6 Å². The minimum Gasteiger partial charge on any atom is -0.435 e. The molecule has 0 spiro atoms. The highest BCUT2D eigenvalue weighted by Gasteiger charge is 2.12. The Morgan fingerprint density at radius 1 is 1.11 bits per heavy atom. The summed E-state index contributed by atoms with van der Waals surface area (Å²) >= 11 is 0. The Bertz CT molecular complexity index is 350. The summed E-state index contributed by atoms with van der Waals surface area (Å²) in [4.78, 5) is 0. The monoisotopic (exact) mass is 271 g/mol. The topological polar surface area (TPSA) is 21.3 Å². The zero-order valence-corrected chi connectivity index (χ0v) is 11.8. The average molecular weight is 271 g/mol. The van der Waals surface area contributed by atoms with E-state index in [9.17, 15) is 8.78 Å². The number of hydrogen-bond donors (Lipinski definition) is 1. The highest BCUT2D eigenvalue weighted by Crippen LogP contribution is 2.16. The maximum absolute atomic E-state index is 12.0. The van der Waals surface area contributed by atoms with Gasteiger partial charge in [-0.2, -0.15) is 8.78 Å². The maximum Gasteiger partial charge on any atom is 0.387 e. The molecule has 0 heterocycles. The van der Waals surface area contributed by atoms with Gasteiger partial charge in [-0.25, -0.2) is 0 Å². The van der Waals surface area contributed by atoms with Crippen molar-refractivity contribution in [2.24, 2.45) is 5.92 Å². The van der Waals surface area contributed by atoms with Crippen molar-refractivity contribution in [3.05, 3.63) is 29.8 Å². The summed E-state index contributed by atoms with van der Waals surface area (Å²) in [6, 6.07) is 7.22. The van der Waals surface area contributed by atoms with Crippen LogP contribution in [0.5, 0.6) is 5.75 Å². The van der Waals surface area contributed by atoms with Crippen molar-refractivity contribution < 1.29 is 13.5 Å². The molecule has 1 unspecified atom stereocenters. The molecule has 0 amide bonds. The molecule has 1 rings (SSSR count).